The summed E-state index contributed by atoms with van der Waals surface area (Å²) in [6.07, 6.45) is 4.82. The van der Waals surface area contributed by atoms with E-state index in [-0.39, 0.29) is 0 Å². The molecule has 0 unspecified atom stereocenters. The number of aryl methyl sites for hydroxylation is 3. The summed E-state index contributed by atoms with van der Waals surface area (Å²) in [5.41, 5.74) is 5.74. The van der Waals surface area contributed by atoms with Gasteiger partial charge in [0.05, 0.1) is 6.54 Å². The maximum atomic E-state index is 4.56. The van der Waals surface area contributed by atoms with Crippen molar-refractivity contribution in [1.29, 1.82) is 0 Å². The van der Waals surface area contributed by atoms with Crippen LogP contribution < -0.4 is 4.68 Å². The highest BCUT2D eigenvalue weighted by atomic mass is 15.5. The van der Waals surface area contributed by atoms with Gasteiger partial charge in [0.2, 0.25) is 5.69 Å². The van der Waals surface area contributed by atoms with Crippen LogP contribution >= 0.6 is 0 Å². The molecule has 0 saturated carbocycles. The lowest BCUT2D eigenvalue weighted by Gasteiger charge is -1.99. The minimum absolute atomic E-state index is 0.869. The summed E-state index contributed by atoms with van der Waals surface area (Å²) >= 11 is 0. The summed E-state index contributed by atoms with van der Waals surface area (Å²) in [7, 11) is 2.07. The minimum atomic E-state index is 0.869. The third kappa shape index (κ3) is 1.99. The molecule has 104 valence electrons. The lowest BCUT2D eigenvalue weighted by atomic mass is 10.1. The molecule has 0 spiro atoms. The van der Waals surface area contributed by atoms with Gasteiger partial charge in [-0.25, -0.2) is 4.98 Å². The van der Waals surface area contributed by atoms with Gasteiger partial charge in [0, 0.05) is 36.2 Å². The molecule has 5 heteroatoms. The maximum absolute atomic E-state index is 4.56. The summed E-state index contributed by atoms with van der Waals surface area (Å²) < 4.78 is 2.14. The first kappa shape index (κ1) is 12.8. The summed E-state index contributed by atoms with van der Waals surface area (Å²) in [5.74, 6) is 0. The number of pyridine rings is 1. The molecule has 0 aliphatic rings. The van der Waals surface area contributed by atoms with E-state index in [9.17, 15) is 0 Å². The van der Waals surface area contributed by atoms with Gasteiger partial charge in [-0.1, -0.05) is 0 Å². The van der Waals surface area contributed by atoms with E-state index in [2.05, 4.69) is 59.8 Å². The van der Waals surface area contributed by atoms with E-state index < -0.39 is 0 Å². The number of fused-ring (bicyclic) bond motifs is 1. The summed E-state index contributed by atoms with van der Waals surface area (Å²) in [4.78, 5) is 9.66. The highest BCUT2D eigenvalue weighted by Crippen LogP contribution is 2.20. The Hall–Kier alpha value is -2.17. The molecule has 3 heterocycles. The average Bonchev–Trinajstić information content (AvgIpc) is 2.94. The van der Waals surface area contributed by atoms with Crippen LogP contribution in [-0.4, -0.2) is 19.9 Å². The molecule has 0 radical (unpaired) electrons. The minimum Gasteiger partial charge on any atom is -0.346 e. The zero-order chi connectivity index (χ0) is 14.3. The van der Waals surface area contributed by atoms with Crippen LogP contribution in [0.5, 0.6) is 0 Å². The van der Waals surface area contributed by atoms with E-state index in [1.165, 1.54) is 22.2 Å². The molecule has 0 aliphatic carbocycles. The largest absolute Gasteiger partial charge is 0.346 e. The molecule has 0 amide bonds. The van der Waals surface area contributed by atoms with Crippen molar-refractivity contribution < 1.29 is 4.68 Å². The molecule has 1 N–H and O–H groups in total. The van der Waals surface area contributed by atoms with Gasteiger partial charge in [-0.2, -0.15) is 4.68 Å². The first-order chi connectivity index (χ1) is 9.60. The van der Waals surface area contributed by atoms with Gasteiger partial charge in [0.25, 0.3) is 0 Å². The second-order valence-corrected chi connectivity index (χ2v) is 5.24. The monoisotopic (exact) mass is 270 g/mol. The molecule has 0 aromatic carbocycles. The summed E-state index contributed by atoms with van der Waals surface area (Å²) in [6, 6.07) is 2.19. The fraction of sp³-hybridized carbons (Fsp3) is 0.400. The molecule has 0 saturated heterocycles. The number of hydrogen-bond acceptors (Lipinski definition) is 2. The predicted molar refractivity (Wildman–Crippen MR) is 77.5 cm³/mol. The summed E-state index contributed by atoms with van der Waals surface area (Å²) in [5, 5.41) is 5.76. The fourth-order valence-electron chi connectivity index (χ4n) is 2.69. The van der Waals surface area contributed by atoms with Crippen LogP contribution in [0.4, 0.5) is 0 Å². The van der Waals surface area contributed by atoms with Crippen LogP contribution in [0.25, 0.3) is 11.0 Å². The van der Waals surface area contributed by atoms with Gasteiger partial charge in [-0.15, -0.1) is 0 Å². The highest BCUT2D eigenvalue weighted by Gasteiger charge is 2.20. The zero-order valence-corrected chi connectivity index (χ0v) is 12.4. The number of aromatic nitrogens is 5. The quantitative estimate of drug-likeness (QED) is 0.738. The average molecular weight is 270 g/mol. The maximum Gasteiger partial charge on any atom is 0.219 e. The van der Waals surface area contributed by atoms with Crippen molar-refractivity contribution in [2.45, 2.75) is 33.7 Å². The van der Waals surface area contributed by atoms with Crippen molar-refractivity contribution in [2.24, 2.45) is 7.05 Å². The first-order valence-corrected chi connectivity index (χ1v) is 6.95. The van der Waals surface area contributed by atoms with Crippen LogP contribution in [-0.2, 0) is 20.0 Å². The molecule has 0 aliphatic heterocycles. The van der Waals surface area contributed by atoms with Crippen LogP contribution in [0.1, 0.15) is 29.4 Å². The van der Waals surface area contributed by atoms with E-state index in [0.29, 0.717) is 0 Å². The van der Waals surface area contributed by atoms with E-state index >= 15 is 0 Å². The Morgan fingerprint density at radius 1 is 1.35 bits per heavy atom. The molecule has 5 nitrogen and oxygen atoms in total. The standard InChI is InChI=1S/C15H20N5/c1-5-20-18-11(3)14(19(20)4)7-12-9-17-15-13(12)6-10(2)8-16-15/h6,8-9H,5,7H2,1-4H3,(H,16,17)/q+1. The molecule has 0 fully saturated rings. The number of rotatable bonds is 3. The van der Waals surface area contributed by atoms with E-state index in [1.807, 2.05) is 11.0 Å². The number of nitrogens with one attached hydrogen (secondary N) is 1. The van der Waals surface area contributed by atoms with Crippen molar-refractivity contribution in [3.05, 3.63) is 41.0 Å². The fourth-order valence-corrected chi connectivity index (χ4v) is 2.69. The van der Waals surface area contributed by atoms with Crippen molar-refractivity contribution in [3.63, 3.8) is 0 Å². The number of H-pyrrole nitrogens is 1. The van der Waals surface area contributed by atoms with Gasteiger partial charge < -0.3 is 4.98 Å². The Labute approximate surface area is 118 Å². The lowest BCUT2D eigenvalue weighted by Crippen LogP contribution is -2.42. The lowest BCUT2D eigenvalue weighted by molar-refractivity contribution is -0.763. The smallest absolute Gasteiger partial charge is 0.219 e. The Morgan fingerprint density at radius 2 is 2.15 bits per heavy atom. The zero-order valence-electron chi connectivity index (χ0n) is 12.4. The van der Waals surface area contributed by atoms with Crippen molar-refractivity contribution in [2.75, 3.05) is 0 Å². The van der Waals surface area contributed by atoms with Crippen molar-refractivity contribution in [1.82, 2.24) is 19.9 Å². The van der Waals surface area contributed by atoms with Gasteiger partial charge in [-0.3, -0.25) is 0 Å². The van der Waals surface area contributed by atoms with Gasteiger partial charge in [0.15, 0.2) is 5.69 Å². The summed E-state index contributed by atoms with van der Waals surface area (Å²) in [6.45, 7) is 7.13. The predicted octanol–water partition coefficient (Wildman–Crippen LogP) is 1.81. The van der Waals surface area contributed by atoms with Crippen LogP contribution in [0, 0.1) is 13.8 Å². The van der Waals surface area contributed by atoms with E-state index in [1.54, 1.807) is 0 Å². The molecular formula is C15H20N5+. The SMILES string of the molecule is CCn1nc(C)c(Cc2c[nH]c3ncc(C)cc23)[n+]1C. The van der Waals surface area contributed by atoms with Gasteiger partial charge in [-0.05, 0) is 35.8 Å². The number of aromatic amines is 1. The highest BCUT2D eigenvalue weighted by molar-refractivity contribution is 5.80. The van der Waals surface area contributed by atoms with E-state index in [4.69, 9.17) is 0 Å². The van der Waals surface area contributed by atoms with Crippen molar-refractivity contribution >= 4 is 11.0 Å². The molecule has 0 atom stereocenters. The number of hydrogen-bond donors (Lipinski definition) is 1. The van der Waals surface area contributed by atoms with Crippen LogP contribution in [0.15, 0.2) is 18.5 Å². The molecule has 20 heavy (non-hydrogen) atoms. The Kier molecular flexibility index (Phi) is 3.04. The third-order valence-corrected chi connectivity index (χ3v) is 3.81. The van der Waals surface area contributed by atoms with Crippen molar-refractivity contribution in [3.8, 4) is 0 Å². The second kappa shape index (κ2) is 4.74. The molecule has 3 aromatic rings. The van der Waals surface area contributed by atoms with Crippen LogP contribution in [0.2, 0.25) is 0 Å². The number of nitrogens with zero attached hydrogens (tertiary/aromatic N) is 4. The Balaban J connectivity index is 2.05. The normalized spacial score (nSPS) is 11.4. The Bertz CT molecular complexity index is 766. The third-order valence-electron chi connectivity index (χ3n) is 3.81. The van der Waals surface area contributed by atoms with Gasteiger partial charge in [0.1, 0.15) is 12.7 Å². The Morgan fingerprint density at radius 3 is 2.85 bits per heavy atom. The molecular weight excluding hydrogens is 250 g/mol. The molecule has 3 rings (SSSR count). The van der Waals surface area contributed by atoms with Gasteiger partial charge >= 0.3 is 0 Å². The molecule has 3 aromatic heterocycles. The van der Waals surface area contributed by atoms with Crippen LogP contribution in [0.3, 0.4) is 0 Å². The topological polar surface area (TPSA) is 50.4 Å². The van der Waals surface area contributed by atoms with E-state index in [0.717, 1.165) is 24.3 Å². The molecule has 0 bridgehead atoms. The second-order valence-electron chi connectivity index (χ2n) is 5.24. The first-order valence-electron chi connectivity index (χ1n) is 6.95.